The van der Waals surface area contributed by atoms with Crippen molar-refractivity contribution < 1.29 is 4.79 Å². The minimum atomic E-state index is -0.209. The van der Waals surface area contributed by atoms with Crippen molar-refractivity contribution in [3.63, 3.8) is 0 Å². The summed E-state index contributed by atoms with van der Waals surface area (Å²) in [7, 11) is 1.83. The lowest BCUT2D eigenvalue weighted by atomic mass is 10.0. The van der Waals surface area contributed by atoms with Crippen molar-refractivity contribution in [2.24, 2.45) is 0 Å². The van der Waals surface area contributed by atoms with Gasteiger partial charge in [-0.25, -0.2) is 9.97 Å². The first-order chi connectivity index (χ1) is 14.3. The molecule has 4 rings (SSSR count). The summed E-state index contributed by atoms with van der Waals surface area (Å²) < 4.78 is 0. The van der Waals surface area contributed by atoms with Gasteiger partial charge in [0.05, 0.1) is 17.1 Å². The molecule has 1 aromatic heterocycles. The van der Waals surface area contributed by atoms with Gasteiger partial charge in [-0.2, -0.15) is 0 Å². The Morgan fingerprint density at radius 3 is 2.47 bits per heavy atom. The molecule has 1 N–H and O–H groups in total. The van der Waals surface area contributed by atoms with Crippen LogP contribution in [0.25, 0.3) is 11.3 Å². The van der Waals surface area contributed by atoms with Crippen molar-refractivity contribution in [1.82, 2.24) is 9.97 Å². The predicted molar refractivity (Wildman–Crippen MR) is 122 cm³/mol. The smallest absolute Gasteiger partial charge is 0.249 e. The number of fused-ring (bicyclic) bond motifs is 1. The Kier molecular flexibility index (Phi) is 5.16. The molecule has 0 bridgehead atoms. The molecular weight excluding hydrogens is 374 g/mol. The first kappa shape index (κ1) is 19.9. The van der Waals surface area contributed by atoms with Crippen LogP contribution < -0.4 is 15.1 Å². The lowest BCUT2D eigenvalue weighted by Gasteiger charge is -2.42. The molecule has 1 amide bonds. The van der Waals surface area contributed by atoms with Gasteiger partial charge in [0.2, 0.25) is 11.9 Å². The summed E-state index contributed by atoms with van der Waals surface area (Å²) in [6.07, 6.45) is 1.76. The largest absolute Gasteiger partial charge is 0.356 e. The highest BCUT2D eigenvalue weighted by atomic mass is 16.2. The molecule has 2 aromatic carbocycles. The molecule has 0 saturated heterocycles. The molecule has 1 unspecified atom stereocenters. The molecule has 154 valence electrons. The van der Waals surface area contributed by atoms with Crippen LogP contribution in [0.3, 0.4) is 0 Å². The molecule has 2 heterocycles. The molecule has 0 aliphatic carbocycles. The van der Waals surface area contributed by atoms with Gasteiger partial charge in [-0.15, -0.1) is 0 Å². The van der Waals surface area contributed by atoms with Crippen LogP contribution in [0.5, 0.6) is 0 Å². The van der Waals surface area contributed by atoms with Crippen LogP contribution in [0.15, 0.2) is 54.7 Å². The fourth-order valence-electron chi connectivity index (χ4n) is 3.98. The van der Waals surface area contributed by atoms with Crippen LogP contribution in [-0.4, -0.2) is 35.0 Å². The first-order valence-corrected chi connectivity index (χ1v) is 10.2. The van der Waals surface area contributed by atoms with Crippen molar-refractivity contribution in [2.75, 3.05) is 22.2 Å². The number of amides is 1. The summed E-state index contributed by atoms with van der Waals surface area (Å²) in [5.41, 5.74) is 5.96. The van der Waals surface area contributed by atoms with E-state index in [1.54, 1.807) is 11.1 Å². The summed E-state index contributed by atoms with van der Waals surface area (Å²) in [5.74, 6) is 0.642. The third-order valence-corrected chi connectivity index (χ3v) is 5.54. The number of nitrogens with one attached hydrogen (secondary N) is 1. The summed E-state index contributed by atoms with van der Waals surface area (Å²) >= 11 is 0. The predicted octanol–water partition coefficient (Wildman–Crippen LogP) is 4.78. The fraction of sp³-hybridized carbons (Fsp3) is 0.292. The molecule has 0 saturated carbocycles. The molecular formula is C24H27N5O. The van der Waals surface area contributed by atoms with E-state index in [1.807, 2.05) is 32.2 Å². The standard InChI is InChI=1S/C24H27N5O/c1-15(2)29-17(4)23(30)28(5)21-11-10-19(14-22(21)29)26-24-25-13-12-20(27-24)18-8-6-16(3)7-9-18/h6-15,17H,1-5H3,(H,25,26,27). The monoisotopic (exact) mass is 401 g/mol. The van der Waals surface area contributed by atoms with Gasteiger partial charge < -0.3 is 15.1 Å². The Morgan fingerprint density at radius 2 is 1.77 bits per heavy atom. The normalized spacial score (nSPS) is 16.1. The number of carbonyl (C=O) groups is 1. The van der Waals surface area contributed by atoms with Crippen LogP contribution >= 0.6 is 0 Å². The highest BCUT2D eigenvalue weighted by molar-refractivity contribution is 6.05. The van der Waals surface area contributed by atoms with Gasteiger partial charge in [0.15, 0.2) is 0 Å². The molecule has 0 spiro atoms. The summed E-state index contributed by atoms with van der Waals surface area (Å²) in [6, 6.07) is 16.2. The summed E-state index contributed by atoms with van der Waals surface area (Å²) in [6.45, 7) is 8.23. The van der Waals surface area contributed by atoms with E-state index < -0.39 is 0 Å². The molecule has 6 heteroatoms. The van der Waals surface area contributed by atoms with E-state index >= 15 is 0 Å². The second kappa shape index (κ2) is 7.78. The van der Waals surface area contributed by atoms with Crippen LogP contribution in [0.4, 0.5) is 23.0 Å². The van der Waals surface area contributed by atoms with Crippen molar-refractivity contribution in [3.05, 3.63) is 60.3 Å². The molecule has 6 nitrogen and oxygen atoms in total. The third-order valence-electron chi connectivity index (χ3n) is 5.54. The average molecular weight is 402 g/mol. The second-order valence-electron chi connectivity index (χ2n) is 8.03. The van der Waals surface area contributed by atoms with Gasteiger partial charge in [-0.05, 0) is 52.0 Å². The molecule has 1 aliphatic heterocycles. The zero-order valence-electron chi connectivity index (χ0n) is 18.0. The SMILES string of the molecule is Cc1ccc(-c2ccnc(Nc3ccc4c(c3)N(C(C)C)C(C)C(=O)N4C)n2)cc1. The van der Waals surface area contributed by atoms with Gasteiger partial charge in [0, 0.05) is 30.5 Å². The van der Waals surface area contributed by atoms with E-state index in [1.165, 1.54) is 5.56 Å². The molecule has 30 heavy (non-hydrogen) atoms. The quantitative estimate of drug-likeness (QED) is 0.682. The number of nitrogens with zero attached hydrogens (tertiary/aromatic N) is 4. The molecule has 1 aliphatic rings. The number of anilines is 4. The Bertz CT molecular complexity index is 1080. The maximum atomic E-state index is 12.6. The van der Waals surface area contributed by atoms with E-state index in [-0.39, 0.29) is 18.0 Å². The Labute approximate surface area is 177 Å². The zero-order valence-corrected chi connectivity index (χ0v) is 18.0. The molecule has 3 aromatic rings. The number of hydrogen-bond acceptors (Lipinski definition) is 5. The maximum Gasteiger partial charge on any atom is 0.249 e. The minimum absolute atomic E-state index is 0.103. The fourth-order valence-corrected chi connectivity index (χ4v) is 3.98. The molecule has 0 fully saturated rings. The average Bonchev–Trinajstić information content (AvgIpc) is 2.73. The maximum absolute atomic E-state index is 12.6. The lowest BCUT2D eigenvalue weighted by Crippen LogP contribution is -2.53. The summed E-state index contributed by atoms with van der Waals surface area (Å²) in [4.78, 5) is 25.6. The Morgan fingerprint density at radius 1 is 1.03 bits per heavy atom. The number of aryl methyl sites for hydroxylation is 1. The number of rotatable bonds is 4. The van der Waals surface area contributed by atoms with Crippen molar-refractivity contribution in [3.8, 4) is 11.3 Å². The van der Waals surface area contributed by atoms with Crippen LogP contribution in [0, 0.1) is 6.92 Å². The van der Waals surface area contributed by atoms with Crippen molar-refractivity contribution in [1.29, 1.82) is 0 Å². The van der Waals surface area contributed by atoms with Crippen molar-refractivity contribution in [2.45, 2.75) is 39.8 Å². The van der Waals surface area contributed by atoms with Crippen LogP contribution in [-0.2, 0) is 4.79 Å². The Balaban J connectivity index is 1.66. The van der Waals surface area contributed by atoms with E-state index in [0.29, 0.717) is 5.95 Å². The van der Waals surface area contributed by atoms with Crippen LogP contribution in [0.1, 0.15) is 26.3 Å². The molecule has 1 atom stereocenters. The molecule has 0 radical (unpaired) electrons. The Hall–Kier alpha value is -3.41. The van der Waals surface area contributed by atoms with Gasteiger partial charge in [0.1, 0.15) is 6.04 Å². The van der Waals surface area contributed by atoms with Gasteiger partial charge >= 0.3 is 0 Å². The van der Waals surface area contributed by atoms with Gasteiger partial charge in [-0.1, -0.05) is 29.8 Å². The number of hydrogen-bond donors (Lipinski definition) is 1. The lowest BCUT2D eigenvalue weighted by molar-refractivity contribution is -0.119. The highest BCUT2D eigenvalue weighted by Crippen LogP contribution is 2.39. The summed E-state index contributed by atoms with van der Waals surface area (Å²) in [5, 5.41) is 3.32. The minimum Gasteiger partial charge on any atom is -0.356 e. The first-order valence-electron chi connectivity index (χ1n) is 10.2. The number of carbonyl (C=O) groups excluding carboxylic acids is 1. The van der Waals surface area contributed by atoms with E-state index in [4.69, 9.17) is 0 Å². The van der Waals surface area contributed by atoms with Crippen LogP contribution in [0.2, 0.25) is 0 Å². The number of likely N-dealkylation sites (N-methyl/N-ethyl adjacent to an activating group) is 1. The third kappa shape index (κ3) is 3.61. The van der Waals surface area contributed by atoms with Gasteiger partial charge in [-0.3, -0.25) is 4.79 Å². The zero-order chi connectivity index (χ0) is 21.4. The number of benzene rings is 2. The van der Waals surface area contributed by atoms with E-state index in [0.717, 1.165) is 28.3 Å². The van der Waals surface area contributed by atoms with Crippen molar-refractivity contribution >= 4 is 28.9 Å². The topological polar surface area (TPSA) is 61.4 Å². The second-order valence-corrected chi connectivity index (χ2v) is 8.03. The highest BCUT2D eigenvalue weighted by Gasteiger charge is 2.34. The number of aromatic nitrogens is 2. The van der Waals surface area contributed by atoms with E-state index in [9.17, 15) is 4.79 Å². The van der Waals surface area contributed by atoms with E-state index in [2.05, 4.69) is 71.3 Å². The van der Waals surface area contributed by atoms with Gasteiger partial charge in [0.25, 0.3) is 0 Å².